The average molecular weight is 261 g/mol. The summed E-state index contributed by atoms with van der Waals surface area (Å²) in [5.41, 5.74) is 6.17. The first-order valence-electron chi connectivity index (χ1n) is 5.79. The minimum Gasteiger partial charge on any atom is -0.453 e. The Kier molecular flexibility index (Phi) is 5.28. The number of anilines is 1. The van der Waals surface area contributed by atoms with Crippen molar-refractivity contribution < 1.29 is 9.66 Å². The van der Waals surface area contributed by atoms with Crippen molar-refractivity contribution in [3.05, 3.63) is 52.7 Å². The van der Waals surface area contributed by atoms with E-state index in [0.717, 1.165) is 0 Å². The molecule has 0 aliphatic heterocycles. The van der Waals surface area contributed by atoms with Gasteiger partial charge in [0.1, 0.15) is 5.75 Å². The molecule has 0 bridgehead atoms. The predicted molar refractivity (Wildman–Crippen MR) is 73.2 cm³/mol. The lowest BCUT2D eigenvalue weighted by atomic mass is 10.3. The Bertz CT molecular complexity index is 541. The zero-order valence-electron chi connectivity index (χ0n) is 10.7. The molecule has 1 aromatic carbocycles. The molecule has 0 saturated heterocycles. The van der Waals surface area contributed by atoms with Gasteiger partial charge in [0, 0.05) is 17.8 Å². The van der Waals surface area contributed by atoms with E-state index in [2.05, 4.69) is 4.98 Å². The number of pyridine rings is 1. The van der Waals surface area contributed by atoms with Crippen LogP contribution < -0.4 is 10.5 Å². The predicted octanol–water partition coefficient (Wildman–Crippen LogP) is 3.39. The van der Waals surface area contributed by atoms with Crippen molar-refractivity contribution in [1.82, 2.24) is 4.98 Å². The lowest BCUT2D eigenvalue weighted by molar-refractivity contribution is -0.389. The molecule has 0 spiro atoms. The van der Waals surface area contributed by atoms with E-state index in [4.69, 9.17) is 10.5 Å². The molecule has 0 radical (unpaired) electrons. The molecule has 0 atom stereocenters. The van der Waals surface area contributed by atoms with Crippen molar-refractivity contribution in [2.45, 2.75) is 13.8 Å². The van der Waals surface area contributed by atoms with Crippen molar-refractivity contribution in [1.29, 1.82) is 0 Å². The standard InChI is InChI=1S/C11H9N3O3.C2H6/c12-8-2-1-3-9(6-8)17-10-4-5-11(13-7-10)14(15)16;1-2/h1-7H,12H2;1-2H3. The third kappa shape index (κ3) is 4.27. The minimum atomic E-state index is -0.565. The summed E-state index contributed by atoms with van der Waals surface area (Å²) >= 11 is 0. The zero-order valence-corrected chi connectivity index (χ0v) is 10.7. The van der Waals surface area contributed by atoms with Crippen LogP contribution in [-0.4, -0.2) is 9.91 Å². The van der Waals surface area contributed by atoms with Gasteiger partial charge in [0.05, 0.1) is 0 Å². The first-order chi connectivity index (χ1) is 9.15. The highest BCUT2D eigenvalue weighted by Gasteiger charge is 2.07. The number of rotatable bonds is 3. The zero-order chi connectivity index (χ0) is 14.3. The van der Waals surface area contributed by atoms with Crippen LogP contribution in [0.25, 0.3) is 0 Å². The van der Waals surface area contributed by atoms with E-state index in [1.54, 1.807) is 24.3 Å². The molecule has 2 aromatic rings. The summed E-state index contributed by atoms with van der Waals surface area (Å²) < 4.78 is 5.43. The summed E-state index contributed by atoms with van der Waals surface area (Å²) in [6, 6.07) is 9.64. The van der Waals surface area contributed by atoms with Gasteiger partial charge < -0.3 is 20.6 Å². The quantitative estimate of drug-likeness (QED) is 0.519. The molecule has 1 heterocycles. The molecule has 6 heteroatoms. The molecule has 1 aromatic heterocycles. The van der Waals surface area contributed by atoms with Crippen LogP contribution in [0.1, 0.15) is 13.8 Å². The molecule has 2 rings (SSSR count). The maximum atomic E-state index is 10.4. The fourth-order valence-electron chi connectivity index (χ4n) is 1.25. The SMILES string of the molecule is CC.Nc1cccc(Oc2ccc([N+](=O)[O-])nc2)c1. The van der Waals surface area contributed by atoms with Crippen molar-refractivity contribution in [2.75, 3.05) is 5.73 Å². The summed E-state index contributed by atoms with van der Waals surface area (Å²) in [4.78, 5) is 13.5. The number of nitrogen functional groups attached to an aromatic ring is 1. The second kappa shape index (κ2) is 6.95. The van der Waals surface area contributed by atoms with Crippen molar-refractivity contribution in [3.8, 4) is 11.5 Å². The average Bonchev–Trinajstić information content (AvgIpc) is 2.41. The summed E-state index contributed by atoms with van der Waals surface area (Å²) in [5.74, 6) is 0.756. The van der Waals surface area contributed by atoms with Gasteiger partial charge in [0.25, 0.3) is 0 Å². The van der Waals surface area contributed by atoms with E-state index in [-0.39, 0.29) is 5.82 Å². The van der Waals surface area contributed by atoms with E-state index < -0.39 is 4.92 Å². The Morgan fingerprint density at radius 1 is 1.21 bits per heavy atom. The van der Waals surface area contributed by atoms with Crippen molar-refractivity contribution in [3.63, 3.8) is 0 Å². The van der Waals surface area contributed by atoms with Gasteiger partial charge in [0.15, 0.2) is 11.9 Å². The topological polar surface area (TPSA) is 91.3 Å². The van der Waals surface area contributed by atoms with E-state index in [1.807, 2.05) is 13.8 Å². The van der Waals surface area contributed by atoms with Crippen LogP contribution in [0.4, 0.5) is 11.5 Å². The first-order valence-corrected chi connectivity index (χ1v) is 5.79. The number of benzene rings is 1. The summed E-state index contributed by atoms with van der Waals surface area (Å²) in [5, 5.41) is 10.4. The van der Waals surface area contributed by atoms with Crippen LogP contribution in [0.3, 0.4) is 0 Å². The van der Waals surface area contributed by atoms with Crippen molar-refractivity contribution >= 4 is 11.5 Å². The first kappa shape index (κ1) is 14.4. The Labute approximate surface area is 111 Å². The van der Waals surface area contributed by atoms with Crippen molar-refractivity contribution in [2.24, 2.45) is 0 Å². The smallest absolute Gasteiger partial charge is 0.363 e. The highest BCUT2D eigenvalue weighted by Crippen LogP contribution is 2.23. The molecule has 2 N–H and O–H groups in total. The number of aromatic nitrogens is 1. The van der Waals surface area contributed by atoms with Crippen LogP contribution in [0.15, 0.2) is 42.6 Å². The maximum Gasteiger partial charge on any atom is 0.363 e. The fraction of sp³-hybridized carbons (Fsp3) is 0.154. The van der Waals surface area contributed by atoms with E-state index >= 15 is 0 Å². The lowest BCUT2D eigenvalue weighted by Gasteiger charge is -2.04. The molecule has 0 aliphatic rings. The molecule has 0 amide bonds. The van der Waals surface area contributed by atoms with Gasteiger partial charge in [-0.05, 0) is 28.1 Å². The molecular weight excluding hydrogens is 246 g/mol. The molecule has 100 valence electrons. The van der Waals surface area contributed by atoms with Crippen LogP contribution in [0.5, 0.6) is 11.5 Å². The van der Waals surface area contributed by atoms with Gasteiger partial charge in [-0.2, -0.15) is 0 Å². The van der Waals surface area contributed by atoms with Gasteiger partial charge in [-0.15, -0.1) is 0 Å². The van der Waals surface area contributed by atoms with Crippen LogP contribution >= 0.6 is 0 Å². The Morgan fingerprint density at radius 2 is 1.95 bits per heavy atom. The summed E-state index contributed by atoms with van der Waals surface area (Å²) in [7, 11) is 0. The minimum absolute atomic E-state index is 0.218. The largest absolute Gasteiger partial charge is 0.453 e. The number of hydrogen-bond donors (Lipinski definition) is 1. The van der Waals surface area contributed by atoms with Gasteiger partial charge in [0.2, 0.25) is 0 Å². The number of nitrogens with two attached hydrogens (primary N) is 1. The maximum absolute atomic E-state index is 10.4. The second-order valence-corrected chi connectivity index (χ2v) is 3.28. The van der Waals surface area contributed by atoms with Gasteiger partial charge >= 0.3 is 5.82 Å². The summed E-state index contributed by atoms with van der Waals surface area (Å²) in [6.45, 7) is 4.00. The van der Waals surface area contributed by atoms with Gasteiger partial charge in [-0.1, -0.05) is 19.9 Å². The Morgan fingerprint density at radius 3 is 2.47 bits per heavy atom. The molecule has 19 heavy (non-hydrogen) atoms. The molecular formula is C13H15N3O3. The third-order valence-electron chi connectivity index (χ3n) is 2.00. The Hall–Kier alpha value is -2.63. The molecule has 0 unspecified atom stereocenters. The number of hydrogen-bond acceptors (Lipinski definition) is 5. The fourth-order valence-corrected chi connectivity index (χ4v) is 1.25. The number of nitrogens with zero attached hydrogens (tertiary/aromatic N) is 2. The second-order valence-electron chi connectivity index (χ2n) is 3.28. The summed E-state index contributed by atoms with van der Waals surface area (Å²) in [6.07, 6.45) is 1.29. The van der Waals surface area contributed by atoms with Gasteiger partial charge in [-0.25, -0.2) is 0 Å². The van der Waals surface area contributed by atoms with Crippen LogP contribution in [-0.2, 0) is 0 Å². The molecule has 0 fully saturated rings. The lowest BCUT2D eigenvalue weighted by Crippen LogP contribution is -1.92. The van der Waals surface area contributed by atoms with Gasteiger partial charge in [-0.3, -0.25) is 0 Å². The highest BCUT2D eigenvalue weighted by molar-refractivity contribution is 5.45. The monoisotopic (exact) mass is 261 g/mol. The van der Waals surface area contributed by atoms with E-state index in [9.17, 15) is 10.1 Å². The Balaban J connectivity index is 0.000000861. The molecule has 0 aliphatic carbocycles. The van der Waals surface area contributed by atoms with Crippen LogP contribution in [0.2, 0.25) is 0 Å². The van der Waals surface area contributed by atoms with E-state index in [0.29, 0.717) is 17.2 Å². The highest BCUT2D eigenvalue weighted by atomic mass is 16.6. The van der Waals surface area contributed by atoms with E-state index in [1.165, 1.54) is 18.3 Å². The normalized spacial score (nSPS) is 9.16. The number of nitro groups is 1. The molecule has 0 saturated carbocycles. The number of ether oxygens (including phenoxy) is 1. The van der Waals surface area contributed by atoms with Crippen LogP contribution in [0, 0.1) is 10.1 Å². The molecule has 6 nitrogen and oxygen atoms in total. The third-order valence-corrected chi connectivity index (χ3v) is 2.00.